The van der Waals surface area contributed by atoms with Gasteiger partial charge in [0.2, 0.25) is 0 Å². The number of aromatic carboxylic acids is 1. The summed E-state index contributed by atoms with van der Waals surface area (Å²) in [5.41, 5.74) is -0.156. The van der Waals surface area contributed by atoms with E-state index in [9.17, 15) is 14.0 Å². The summed E-state index contributed by atoms with van der Waals surface area (Å²) < 4.78 is 17.4. The summed E-state index contributed by atoms with van der Waals surface area (Å²) in [6.45, 7) is 1.50. The van der Waals surface area contributed by atoms with Crippen molar-refractivity contribution in [1.82, 2.24) is 4.37 Å². The molecule has 2 rings (SSSR count). The van der Waals surface area contributed by atoms with Gasteiger partial charge in [-0.2, -0.15) is 4.37 Å². The largest absolute Gasteiger partial charge is 0.508 e. The number of benzene rings is 1. The van der Waals surface area contributed by atoms with Crippen LogP contribution in [0.25, 0.3) is 0 Å². The number of carboxylic acid groups (broad SMARTS) is 1. The molecule has 1 aromatic heterocycles. The summed E-state index contributed by atoms with van der Waals surface area (Å²) in [4.78, 5) is 22.9. The topological polar surface area (TPSA) is 99.5 Å². The van der Waals surface area contributed by atoms with Crippen molar-refractivity contribution in [2.45, 2.75) is 6.92 Å². The van der Waals surface area contributed by atoms with Gasteiger partial charge in [0, 0.05) is 6.07 Å². The van der Waals surface area contributed by atoms with Gasteiger partial charge in [0.05, 0.1) is 11.3 Å². The Morgan fingerprint density at radius 3 is 2.70 bits per heavy atom. The summed E-state index contributed by atoms with van der Waals surface area (Å²) >= 11 is 0.802. The summed E-state index contributed by atoms with van der Waals surface area (Å²) in [5.74, 6) is -3.24. The monoisotopic (exact) mass is 296 g/mol. The molecule has 0 atom stereocenters. The molecule has 3 N–H and O–H groups in total. The molecule has 20 heavy (non-hydrogen) atoms. The molecular formula is C12H9FN2O4S. The number of hydrogen-bond acceptors (Lipinski definition) is 5. The van der Waals surface area contributed by atoms with Crippen molar-refractivity contribution in [3.8, 4) is 5.75 Å². The van der Waals surface area contributed by atoms with Crippen molar-refractivity contribution < 1.29 is 24.2 Å². The Labute approximate surface area is 116 Å². The Hall–Kier alpha value is -2.48. The third-order valence-electron chi connectivity index (χ3n) is 2.50. The Balaban J connectivity index is 2.31. The molecule has 0 aliphatic carbocycles. The van der Waals surface area contributed by atoms with E-state index in [1.165, 1.54) is 6.92 Å². The van der Waals surface area contributed by atoms with Crippen molar-refractivity contribution in [1.29, 1.82) is 0 Å². The molecule has 104 valence electrons. The number of anilines is 1. The Kier molecular flexibility index (Phi) is 3.66. The van der Waals surface area contributed by atoms with Crippen LogP contribution in [0.5, 0.6) is 5.75 Å². The second kappa shape index (κ2) is 5.25. The van der Waals surface area contributed by atoms with Gasteiger partial charge < -0.3 is 15.5 Å². The van der Waals surface area contributed by atoms with E-state index in [0.29, 0.717) is 0 Å². The molecule has 0 saturated heterocycles. The molecule has 8 heteroatoms. The van der Waals surface area contributed by atoms with E-state index < -0.39 is 17.7 Å². The highest BCUT2D eigenvalue weighted by atomic mass is 32.1. The third kappa shape index (κ3) is 2.59. The molecule has 0 aliphatic heterocycles. The summed E-state index contributed by atoms with van der Waals surface area (Å²) in [6.07, 6.45) is 0. The van der Waals surface area contributed by atoms with Gasteiger partial charge >= 0.3 is 5.97 Å². The highest BCUT2D eigenvalue weighted by Crippen LogP contribution is 2.25. The fraction of sp³-hybridized carbons (Fsp3) is 0.0833. The van der Waals surface area contributed by atoms with Crippen LogP contribution >= 0.6 is 11.5 Å². The number of rotatable bonds is 3. The van der Waals surface area contributed by atoms with Gasteiger partial charge in [0.15, 0.2) is 0 Å². The molecule has 1 aromatic carbocycles. The first-order valence-corrected chi connectivity index (χ1v) is 6.17. The van der Waals surface area contributed by atoms with Crippen molar-refractivity contribution in [3.05, 3.63) is 40.8 Å². The van der Waals surface area contributed by atoms with Gasteiger partial charge in [-0.25, -0.2) is 9.18 Å². The molecule has 0 aliphatic rings. The minimum absolute atomic E-state index is 0.0347. The van der Waals surface area contributed by atoms with Gasteiger partial charge in [0.25, 0.3) is 5.91 Å². The number of phenols is 1. The molecule has 0 unspecified atom stereocenters. The lowest BCUT2D eigenvalue weighted by Gasteiger charge is -2.05. The number of aromatic hydroxyl groups is 1. The summed E-state index contributed by atoms with van der Waals surface area (Å²) in [7, 11) is 0. The zero-order valence-electron chi connectivity index (χ0n) is 10.2. The van der Waals surface area contributed by atoms with Crippen LogP contribution < -0.4 is 5.32 Å². The van der Waals surface area contributed by atoms with Crippen LogP contribution in [0.4, 0.5) is 9.39 Å². The van der Waals surface area contributed by atoms with Crippen molar-refractivity contribution in [2.24, 2.45) is 0 Å². The minimum Gasteiger partial charge on any atom is -0.508 e. The number of halogens is 1. The number of phenolic OH excluding ortho intramolecular Hbond substituents is 1. The van der Waals surface area contributed by atoms with Crippen molar-refractivity contribution in [3.63, 3.8) is 0 Å². The lowest BCUT2D eigenvalue weighted by Crippen LogP contribution is -2.15. The minimum atomic E-state index is -1.22. The first-order valence-electron chi connectivity index (χ1n) is 5.39. The van der Waals surface area contributed by atoms with Gasteiger partial charge in [0.1, 0.15) is 22.1 Å². The smallest absolute Gasteiger partial charge is 0.340 e. The van der Waals surface area contributed by atoms with E-state index in [2.05, 4.69) is 9.69 Å². The molecule has 2 aromatic rings. The predicted octanol–water partition coefficient (Wildman–Crippen LogP) is 2.25. The fourth-order valence-electron chi connectivity index (χ4n) is 1.57. The second-order valence-electron chi connectivity index (χ2n) is 3.90. The van der Waals surface area contributed by atoms with E-state index in [4.69, 9.17) is 10.2 Å². The van der Waals surface area contributed by atoms with Crippen molar-refractivity contribution in [2.75, 3.05) is 5.32 Å². The first kappa shape index (κ1) is 13.9. The number of amides is 1. The standard InChI is InChI=1S/C12H9FN2O4S/c1-5-9(12(18)19)11(20-15-5)14-10(17)7-3-2-6(16)4-8(7)13/h2-4,16H,1H3,(H,14,17)(H,18,19). The molecule has 0 spiro atoms. The molecule has 0 fully saturated rings. The van der Waals surface area contributed by atoms with Gasteiger partial charge in [-0.1, -0.05) is 0 Å². The fourth-order valence-corrected chi connectivity index (χ4v) is 2.35. The SMILES string of the molecule is Cc1nsc(NC(=O)c2ccc(O)cc2F)c1C(=O)O. The highest BCUT2D eigenvalue weighted by Gasteiger charge is 2.21. The van der Waals surface area contributed by atoms with E-state index >= 15 is 0 Å². The maximum Gasteiger partial charge on any atom is 0.340 e. The maximum absolute atomic E-state index is 13.5. The normalized spacial score (nSPS) is 10.3. The Morgan fingerprint density at radius 2 is 2.10 bits per heavy atom. The molecule has 0 bridgehead atoms. The van der Waals surface area contributed by atoms with Crippen LogP contribution in [0.3, 0.4) is 0 Å². The van der Waals surface area contributed by atoms with Crippen molar-refractivity contribution >= 4 is 28.4 Å². The van der Waals surface area contributed by atoms with E-state index in [1.807, 2.05) is 0 Å². The number of nitrogens with one attached hydrogen (secondary N) is 1. The molecule has 1 amide bonds. The van der Waals surface area contributed by atoms with Crippen LogP contribution in [0.1, 0.15) is 26.4 Å². The first-order chi connectivity index (χ1) is 9.40. The number of carbonyl (C=O) groups excluding carboxylic acids is 1. The number of nitrogens with zero attached hydrogens (tertiary/aromatic N) is 1. The van der Waals surface area contributed by atoms with Crippen LogP contribution in [0, 0.1) is 12.7 Å². The lowest BCUT2D eigenvalue weighted by molar-refractivity contribution is 0.0697. The van der Waals surface area contributed by atoms with Crippen LogP contribution in [-0.2, 0) is 0 Å². The number of aryl methyl sites for hydroxylation is 1. The van der Waals surface area contributed by atoms with E-state index in [0.717, 1.165) is 29.7 Å². The van der Waals surface area contributed by atoms with Crippen LogP contribution in [0.2, 0.25) is 0 Å². The number of carbonyl (C=O) groups is 2. The zero-order chi connectivity index (χ0) is 14.9. The van der Waals surface area contributed by atoms with Crippen LogP contribution in [-0.4, -0.2) is 26.5 Å². The number of hydrogen-bond donors (Lipinski definition) is 3. The van der Waals surface area contributed by atoms with Gasteiger partial charge in [-0.3, -0.25) is 4.79 Å². The van der Waals surface area contributed by atoms with Gasteiger partial charge in [-0.15, -0.1) is 0 Å². The average molecular weight is 296 g/mol. The molecular weight excluding hydrogens is 287 g/mol. The molecule has 1 heterocycles. The highest BCUT2D eigenvalue weighted by molar-refractivity contribution is 7.11. The lowest BCUT2D eigenvalue weighted by atomic mass is 10.2. The van der Waals surface area contributed by atoms with Gasteiger partial charge in [-0.05, 0) is 30.6 Å². The zero-order valence-corrected chi connectivity index (χ0v) is 11.0. The quantitative estimate of drug-likeness (QED) is 0.806. The van der Waals surface area contributed by atoms with E-state index in [-0.39, 0.29) is 27.6 Å². The summed E-state index contributed by atoms with van der Waals surface area (Å²) in [6, 6.07) is 3.06. The molecule has 0 saturated carbocycles. The maximum atomic E-state index is 13.5. The number of carboxylic acids is 1. The van der Waals surface area contributed by atoms with E-state index in [1.54, 1.807) is 0 Å². The summed E-state index contributed by atoms with van der Waals surface area (Å²) in [5, 5.41) is 20.4. The third-order valence-corrected chi connectivity index (χ3v) is 3.35. The molecule has 0 radical (unpaired) electrons. The Bertz CT molecular complexity index is 699. The average Bonchev–Trinajstić information content (AvgIpc) is 2.70. The second-order valence-corrected chi connectivity index (χ2v) is 4.67. The Morgan fingerprint density at radius 1 is 1.40 bits per heavy atom. The molecule has 6 nitrogen and oxygen atoms in total. The predicted molar refractivity (Wildman–Crippen MR) is 69.8 cm³/mol. The number of aromatic nitrogens is 1. The van der Waals surface area contributed by atoms with Crippen LogP contribution in [0.15, 0.2) is 18.2 Å².